The molecule has 1 aromatic rings. The van der Waals surface area contributed by atoms with Gasteiger partial charge in [0.1, 0.15) is 0 Å². The zero-order valence-electron chi connectivity index (χ0n) is 11.9. The van der Waals surface area contributed by atoms with Crippen LogP contribution in [0.3, 0.4) is 0 Å². The normalized spacial score (nSPS) is 15.0. The zero-order chi connectivity index (χ0) is 15.2. The molecule has 0 unspecified atom stereocenters. The maximum absolute atomic E-state index is 12.0. The number of halogens is 1. The van der Waals surface area contributed by atoms with Crippen LogP contribution < -0.4 is 11.1 Å². The van der Waals surface area contributed by atoms with Gasteiger partial charge in [0.2, 0.25) is 11.8 Å². The van der Waals surface area contributed by atoms with E-state index in [1.807, 2.05) is 4.90 Å². The summed E-state index contributed by atoms with van der Waals surface area (Å²) in [6, 6.07) is 4.94. The Morgan fingerprint density at radius 1 is 1.24 bits per heavy atom. The Morgan fingerprint density at radius 2 is 1.95 bits per heavy atom. The van der Waals surface area contributed by atoms with Crippen molar-refractivity contribution in [3.05, 3.63) is 34.3 Å². The summed E-state index contributed by atoms with van der Waals surface area (Å²) in [5, 5.41) is 3.57. The lowest BCUT2D eigenvalue weighted by Crippen LogP contribution is -2.40. The number of piperidine rings is 1. The molecular weight excluding hydrogens is 290 g/mol. The Morgan fingerprint density at radius 3 is 2.57 bits per heavy atom. The molecule has 1 heterocycles. The Hall–Kier alpha value is -1.59. The van der Waals surface area contributed by atoms with Crippen LogP contribution in [0.5, 0.6) is 0 Å². The minimum atomic E-state index is -0.503. The Balaban J connectivity index is 1.83. The van der Waals surface area contributed by atoms with Crippen molar-refractivity contribution in [2.45, 2.75) is 25.8 Å². The lowest BCUT2D eigenvalue weighted by Gasteiger charge is -2.26. The number of carbonyl (C=O) groups excluding carboxylic acids is 2. The summed E-state index contributed by atoms with van der Waals surface area (Å²) in [6.45, 7) is 2.49. The second kappa shape index (κ2) is 7.43. The largest absolute Gasteiger partial charge is 0.366 e. The number of nitrogens with zero attached hydrogens (tertiary/aromatic N) is 1. The highest BCUT2D eigenvalue weighted by Gasteiger charge is 2.15. The van der Waals surface area contributed by atoms with Crippen molar-refractivity contribution in [1.82, 2.24) is 10.2 Å². The standard InChI is InChI=1S/C15H20ClN3O2/c16-13-8-11(15(17)21)4-5-12(13)9-18-10-14(20)19-6-2-1-3-7-19/h4-5,8,18H,1-3,6-7,9-10H2,(H2,17,21). The topological polar surface area (TPSA) is 75.4 Å². The molecule has 0 atom stereocenters. The summed E-state index contributed by atoms with van der Waals surface area (Å²) in [5.74, 6) is -0.378. The molecule has 114 valence electrons. The highest BCUT2D eigenvalue weighted by Crippen LogP contribution is 2.17. The molecule has 2 amide bonds. The second-order valence-electron chi connectivity index (χ2n) is 5.22. The number of hydrogen-bond acceptors (Lipinski definition) is 3. The van der Waals surface area contributed by atoms with Gasteiger partial charge in [-0.05, 0) is 37.0 Å². The van der Waals surface area contributed by atoms with Crippen LogP contribution in [0.2, 0.25) is 5.02 Å². The van der Waals surface area contributed by atoms with Gasteiger partial charge in [0, 0.05) is 30.2 Å². The second-order valence-corrected chi connectivity index (χ2v) is 5.62. The van der Waals surface area contributed by atoms with E-state index >= 15 is 0 Å². The predicted octanol–water partition coefficient (Wildman–Crippen LogP) is 1.54. The van der Waals surface area contributed by atoms with Crippen molar-refractivity contribution in [1.29, 1.82) is 0 Å². The number of nitrogens with one attached hydrogen (secondary N) is 1. The minimum absolute atomic E-state index is 0.125. The van der Waals surface area contributed by atoms with Gasteiger partial charge >= 0.3 is 0 Å². The van der Waals surface area contributed by atoms with Gasteiger partial charge in [-0.2, -0.15) is 0 Å². The highest BCUT2D eigenvalue weighted by atomic mass is 35.5. The Labute approximate surface area is 129 Å². The van der Waals surface area contributed by atoms with Gasteiger partial charge in [-0.15, -0.1) is 0 Å². The molecule has 3 N–H and O–H groups in total. The van der Waals surface area contributed by atoms with Gasteiger partial charge in [0.15, 0.2) is 0 Å². The van der Waals surface area contributed by atoms with Gasteiger partial charge < -0.3 is 16.0 Å². The molecule has 6 heteroatoms. The van der Waals surface area contributed by atoms with E-state index in [1.165, 1.54) is 6.42 Å². The molecule has 1 saturated heterocycles. The smallest absolute Gasteiger partial charge is 0.248 e. The number of nitrogens with two attached hydrogens (primary N) is 1. The summed E-state index contributed by atoms with van der Waals surface area (Å²) in [5.41, 5.74) is 6.42. The van der Waals surface area contributed by atoms with E-state index in [9.17, 15) is 9.59 Å². The van der Waals surface area contributed by atoms with Crippen LogP contribution in [0.15, 0.2) is 18.2 Å². The fourth-order valence-electron chi connectivity index (χ4n) is 2.40. The van der Waals surface area contributed by atoms with Crippen LogP contribution in [-0.4, -0.2) is 36.3 Å². The average molecular weight is 310 g/mol. The van der Waals surface area contributed by atoms with E-state index in [-0.39, 0.29) is 5.91 Å². The van der Waals surface area contributed by atoms with E-state index in [0.29, 0.717) is 23.7 Å². The van der Waals surface area contributed by atoms with Gasteiger partial charge in [0.25, 0.3) is 0 Å². The van der Waals surface area contributed by atoms with Crippen LogP contribution in [-0.2, 0) is 11.3 Å². The number of amides is 2. The Bertz CT molecular complexity index is 528. The number of carbonyl (C=O) groups is 2. The number of benzene rings is 1. The quantitative estimate of drug-likeness (QED) is 0.866. The molecule has 0 saturated carbocycles. The lowest BCUT2D eigenvalue weighted by molar-refractivity contribution is -0.131. The fourth-order valence-corrected chi connectivity index (χ4v) is 2.65. The third-order valence-corrected chi connectivity index (χ3v) is 3.99. The monoisotopic (exact) mass is 309 g/mol. The summed E-state index contributed by atoms with van der Waals surface area (Å²) >= 11 is 6.09. The fraction of sp³-hybridized carbons (Fsp3) is 0.467. The van der Waals surface area contributed by atoms with Crippen molar-refractivity contribution in [3.63, 3.8) is 0 Å². The molecule has 0 aromatic heterocycles. The van der Waals surface area contributed by atoms with Gasteiger partial charge in [0.05, 0.1) is 6.54 Å². The number of primary amides is 1. The molecule has 0 aliphatic carbocycles. The van der Waals surface area contributed by atoms with Crippen molar-refractivity contribution < 1.29 is 9.59 Å². The molecule has 21 heavy (non-hydrogen) atoms. The van der Waals surface area contributed by atoms with Crippen molar-refractivity contribution in [3.8, 4) is 0 Å². The molecule has 1 aliphatic rings. The summed E-state index contributed by atoms with van der Waals surface area (Å²) in [7, 11) is 0. The van der Waals surface area contributed by atoms with E-state index < -0.39 is 5.91 Å². The number of rotatable bonds is 5. The molecule has 5 nitrogen and oxygen atoms in total. The van der Waals surface area contributed by atoms with Crippen LogP contribution in [0.25, 0.3) is 0 Å². The highest BCUT2D eigenvalue weighted by molar-refractivity contribution is 6.31. The van der Waals surface area contributed by atoms with E-state index in [4.69, 9.17) is 17.3 Å². The Kier molecular flexibility index (Phi) is 5.59. The minimum Gasteiger partial charge on any atom is -0.366 e. The number of likely N-dealkylation sites (tertiary alicyclic amines) is 1. The van der Waals surface area contributed by atoms with Crippen LogP contribution in [0.1, 0.15) is 35.2 Å². The predicted molar refractivity (Wildman–Crippen MR) is 82.1 cm³/mol. The van der Waals surface area contributed by atoms with Crippen molar-refractivity contribution >= 4 is 23.4 Å². The SMILES string of the molecule is NC(=O)c1ccc(CNCC(=O)N2CCCCC2)c(Cl)c1. The van der Waals surface area contributed by atoms with E-state index in [0.717, 1.165) is 31.5 Å². The zero-order valence-corrected chi connectivity index (χ0v) is 12.7. The molecule has 1 aromatic carbocycles. The van der Waals surface area contributed by atoms with Crippen molar-refractivity contribution in [2.24, 2.45) is 5.73 Å². The maximum atomic E-state index is 12.0. The molecule has 1 fully saturated rings. The molecule has 0 radical (unpaired) electrons. The lowest BCUT2D eigenvalue weighted by atomic mass is 10.1. The van der Waals surface area contributed by atoms with Gasteiger partial charge in [-0.1, -0.05) is 17.7 Å². The molecule has 0 spiro atoms. The van der Waals surface area contributed by atoms with Gasteiger partial charge in [-0.25, -0.2) is 0 Å². The van der Waals surface area contributed by atoms with Crippen LogP contribution in [0.4, 0.5) is 0 Å². The van der Waals surface area contributed by atoms with Crippen LogP contribution >= 0.6 is 11.6 Å². The maximum Gasteiger partial charge on any atom is 0.248 e. The third-order valence-electron chi connectivity index (χ3n) is 3.64. The van der Waals surface area contributed by atoms with Crippen LogP contribution in [0, 0.1) is 0 Å². The van der Waals surface area contributed by atoms with E-state index in [2.05, 4.69) is 5.32 Å². The van der Waals surface area contributed by atoms with Crippen molar-refractivity contribution in [2.75, 3.05) is 19.6 Å². The summed E-state index contributed by atoms with van der Waals surface area (Å²) < 4.78 is 0. The molecular formula is C15H20ClN3O2. The third kappa shape index (κ3) is 4.44. The molecule has 2 rings (SSSR count). The molecule has 0 bridgehead atoms. The summed E-state index contributed by atoms with van der Waals surface area (Å²) in [6.07, 6.45) is 3.39. The van der Waals surface area contributed by atoms with Gasteiger partial charge in [-0.3, -0.25) is 9.59 Å². The first-order valence-electron chi connectivity index (χ1n) is 7.14. The number of hydrogen-bond donors (Lipinski definition) is 2. The summed E-state index contributed by atoms with van der Waals surface area (Å²) in [4.78, 5) is 24.9. The first kappa shape index (κ1) is 15.8. The van der Waals surface area contributed by atoms with E-state index in [1.54, 1.807) is 18.2 Å². The first-order valence-corrected chi connectivity index (χ1v) is 7.52. The average Bonchev–Trinajstić information content (AvgIpc) is 2.49. The first-order chi connectivity index (χ1) is 10.1. The molecule has 1 aliphatic heterocycles.